The van der Waals surface area contributed by atoms with Gasteiger partial charge in [0, 0.05) is 5.39 Å². The molecule has 5 aromatic rings. The molecule has 0 spiro atoms. The second-order valence-corrected chi connectivity index (χ2v) is 7.00. The molecular formula is C21H13N3O3S. The van der Waals surface area contributed by atoms with E-state index in [0.29, 0.717) is 28.5 Å². The van der Waals surface area contributed by atoms with Crippen molar-refractivity contribution in [2.45, 2.75) is 0 Å². The van der Waals surface area contributed by atoms with Gasteiger partial charge in [-0.15, -0.1) is 11.3 Å². The van der Waals surface area contributed by atoms with Crippen molar-refractivity contribution in [2.75, 3.05) is 5.32 Å². The van der Waals surface area contributed by atoms with Crippen molar-refractivity contribution in [3.8, 4) is 22.2 Å². The number of amides is 1. The second-order valence-electron chi connectivity index (χ2n) is 6.05. The number of carbonyl (C=O) groups is 1. The van der Waals surface area contributed by atoms with Crippen LogP contribution in [0, 0.1) is 0 Å². The van der Waals surface area contributed by atoms with Crippen LogP contribution in [0.3, 0.4) is 0 Å². The third-order valence-electron chi connectivity index (χ3n) is 4.22. The Kier molecular flexibility index (Phi) is 3.99. The Morgan fingerprint density at radius 3 is 2.71 bits per heavy atom. The van der Waals surface area contributed by atoms with Gasteiger partial charge < -0.3 is 14.3 Å². The number of hydrogen-bond donors (Lipinski definition) is 1. The fourth-order valence-electron chi connectivity index (χ4n) is 2.90. The number of furan rings is 1. The van der Waals surface area contributed by atoms with Crippen molar-refractivity contribution >= 4 is 33.9 Å². The summed E-state index contributed by atoms with van der Waals surface area (Å²) in [4.78, 5) is 18.1. The summed E-state index contributed by atoms with van der Waals surface area (Å²) in [5, 5.41) is 9.73. The van der Waals surface area contributed by atoms with Crippen molar-refractivity contribution < 1.29 is 13.7 Å². The summed E-state index contributed by atoms with van der Waals surface area (Å²) in [6.45, 7) is 0. The number of anilines is 1. The first-order valence-corrected chi connectivity index (χ1v) is 9.43. The fraction of sp³-hybridized carbons (Fsp3) is 0. The SMILES string of the molecule is O=C(Nc1ccccc1-c1nc(-c2cccs2)no1)c1cc2ccccc2o1. The minimum Gasteiger partial charge on any atom is -0.451 e. The van der Waals surface area contributed by atoms with E-state index in [1.807, 2.05) is 60.0 Å². The van der Waals surface area contributed by atoms with E-state index in [2.05, 4.69) is 15.5 Å². The molecule has 1 amide bonds. The van der Waals surface area contributed by atoms with Crippen LogP contribution in [0.25, 0.3) is 33.1 Å². The first-order valence-electron chi connectivity index (χ1n) is 8.55. The molecule has 7 heteroatoms. The lowest BCUT2D eigenvalue weighted by Crippen LogP contribution is -2.11. The molecule has 0 radical (unpaired) electrons. The van der Waals surface area contributed by atoms with Crippen LogP contribution in [0.4, 0.5) is 5.69 Å². The number of hydrogen-bond acceptors (Lipinski definition) is 6. The van der Waals surface area contributed by atoms with Gasteiger partial charge in [0.25, 0.3) is 11.8 Å². The van der Waals surface area contributed by atoms with Gasteiger partial charge in [-0.1, -0.05) is 41.6 Å². The molecule has 0 atom stereocenters. The number of aromatic nitrogens is 2. The van der Waals surface area contributed by atoms with Gasteiger partial charge in [0.15, 0.2) is 5.76 Å². The van der Waals surface area contributed by atoms with Crippen LogP contribution in [-0.4, -0.2) is 16.0 Å². The highest BCUT2D eigenvalue weighted by molar-refractivity contribution is 7.13. The van der Waals surface area contributed by atoms with Crippen molar-refractivity contribution in [1.82, 2.24) is 10.1 Å². The van der Waals surface area contributed by atoms with Crippen LogP contribution in [0.5, 0.6) is 0 Å². The van der Waals surface area contributed by atoms with Gasteiger partial charge >= 0.3 is 0 Å². The molecule has 136 valence electrons. The number of nitrogens with zero attached hydrogens (tertiary/aromatic N) is 2. The number of nitrogens with one attached hydrogen (secondary N) is 1. The molecule has 1 N–H and O–H groups in total. The highest BCUT2D eigenvalue weighted by Gasteiger charge is 2.18. The van der Waals surface area contributed by atoms with Gasteiger partial charge in [-0.3, -0.25) is 4.79 Å². The zero-order valence-electron chi connectivity index (χ0n) is 14.5. The van der Waals surface area contributed by atoms with Gasteiger partial charge in [0.2, 0.25) is 5.82 Å². The van der Waals surface area contributed by atoms with E-state index in [9.17, 15) is 4.79 Å². The van der Waals surface area contributed by atoms with E-state index < -0.39 is 0 Å². The second kappa shape index (κ2) is 6.79. The van der Waals surface area contributed by atoms with E-state index in [-0.39, 0.29) is 11.7 Å². The number of rotatable bonds is 4. The van der Waals surface area contributed by atoms with Crippen LogP contribution in [0.1, 0.15) is 10.6 Å². The lowest BCUT2D eigenvalue weighted by atomic mass is 10.1. The molecule has 6 nitrogen and oxygen atoms in total. The van der Waals surface area contributed by atoms with Gasteiger partial charge in [-0.25, -0.2) is 0 Å². The van der Waals surface area contributed by atoms with Crippen LogP contribution in [0.15, 0.2) is 81.1 Å². The molecule has 0 aliphatic carbocycles. The summed E-state index contributed by atoms with van der Waals surface area (Å²) in [6, 6.07) is 20.3. The lowest BCUT2D eigenvalue weighted by Gasteiger charge is -2.06. The van der Waals surface area contributed by atoms with Gasteiger partial charge in [0.1, 0.15) is 5.58 Å². The molecule has 3 heterocycles. The quantitative estimate of drug-likeness (QED) is 0.443. The predicted molar refractivity (Wildman–Crippen MR) is 107 cm³/mol. The third-order valence-corrected chi connectivity index (χ3v) is 5.09. The standard InChI is InChI=1S/C21H13N3O3S/c25-20(17-12-13-6-1-4-9-16(13)26-17)22-15-8-3-2-7-14(15)21-23-19(24-27-21)18-10-5-11-28-18/h1-12H,(H,22,25). The maximum absolute atomic E-state index is 12.7. The fourth-order valence-corrected chi connectivity index (χ4v) is 3.54. The average molecular weight is 387 g/mol. The van der Waals surface area contributed by atoms with E-state index in [1.165, 1.54) is 11.3 Å². The normalized spacial score (nSPS) is 11.0. The molecule has 0 bridgehead atoms. The molecule has 0 fully saturated rings. The lowest BCUT2D eigenvalue weighted by molar-refractivity contribution is 0.0999. The number of fused-ring (bicyclic) bond motifs is 1. The van der Waals surface area contributed by atoms with Crippen LogP contribution in [-0.2, 0) is 0 Å². The zero-order chi connectivity index (χ0) is 18.9. The first-order chi connectivity index (χ1) is 13.8. The topological polar surface area (TPSA) is 81.2 Å². The Hall–Kier alpha value is -3.71. The molecule has 0 aliphatic heterocycles. The Labute approximate surface area is 163 Å². The summed E-state index contributed by atoms with van der Waals surface area (Å²) < 4.78 is 11.1. The Balaban J connectivity index is 1.46. The molecule has 28 heavy (non-hydrogen) atoms. The van der Waals surface area contributed by atoms with Gasteiger partial charge in [-0.2, -0.15) is 4.98 Å². The molecule has 2 aromatic carbocycles. The number of benzene rings is 2. The van der Waals surface area contributed by atoms with E-state index in [4.69, 9.17) is 8.94 Å². The third kappa shape index (κ3) is 2.97. The number of para-hydroxylation sites is 2. The van der Waals surface area contributed by atoms with Gasteiger partial charge in [-0.05, 0) is 35.7 Å². The summed E-state index contributed by atoms with van der Waals surface area (Å²) in [6.07, 6.45) is 0. The molecule has 0 saturated carbocycles. The predicted octanol–water partition coefficient (Wildman–Crippen LogP) is 5.46. The molecule has 5 rings (SSSR count). The zero-order valence-corrected chi connectivity index (χ0v) is 15.3. The Morgan fingerprint density at radius 1 is 1.00 bits per heavy atom. The van der Waals surface area contributed by atoms with Crippen molar-refractivity contribution in [1.29, 1.82) is 0 Å². The minimum absolute atomic E-state index is 0.237. The molecule has 3 aromatic heterocycles. The van der Waals surface area contributed by atoms with Crippen LogP contribution in [0.2, 0.25) is 0 Å². The van der Waals surface area contributed by atoms with E-state index in [1.54, 1.807) is 12.1 Å². The first kappa shape index (κ1) is 16.5. The van der Waals surface area contributed by atoms with Gasteiger partial charge in [0.05, 0.1) is 16.1 Å². The number of carbonyl (C=O) groups excluding carboxylic acids is 1. The molecular weight excluding hydrogens is 374 g/mol. The minimum atomic E-state index is -0.346. The van der Waals surface area contributed by atoms with E-state index in [0.717, 1.165) is 10.3 Å². The smallest absolute Gasteiger partial charge is 0.291 e. The largest absolute Gasteiger partial charge is 0.451 e. The van der Waals surface area contributed by atoms with Crippen LogP contribution >= 0.6 is 11.3 Å². The summed E-state index contributed by atoms with van der Waals surface area (Å²) >= 11 is 1.53. The van der Waals surface area contributed by atoms with E-state index >= 15 is 0 Å². The van der Waals surface area contributed by atoms with Crippen molar-refractivity contribution in [3.05, 3.63) is 77.9 Å². The number of thiophene rings is 1. The van der Waals surface area contributed by atoms with Crippen molar-refractivity contribution in [3.63, 3.8) is 0 Å². The maximum Gasteiger partial charge on any atom is 0.291 e. The molecule has 0 saturated heterocycles. The highest BCUT2D eigenvalue weighted by Crippen LogP contribution is 2.30. The van der Waals surface area contributed by atoms with Crippen molar-refractivity contribution in [2.24, 2.45) is 0 Å². The Bertz CT molecular complexity index is 1240. The summed E-state index contributed by atoms with van der Waals surface area (Å²) in [7, 11) is 0. The highest BCUT2D eigenvalue weighted by atomic mass is 32.1. The summed E-state index contributed by atoms with van der Waals surface area (Å²) in [5.74, 6) is 0.745. The molecule has 0 aliphatic rings. The summed E-state index contributed by atoms with van der Waals surface area (Å²) in [5.41, 5.74) is 1.87. The molecule has 0 unspecified atom stereocenters. The monoisotopic (exact) mass is 387 g/mol. The van der Waals surface area contributed by atoms with Crippen LogP contribution < -0.4 is 5.32 Å². The maximum atomic E-state index is 12.7. The average Bonchev–Trinajstić information content (AvgIpc) is 3.47. The Morgan fingerprint density at radius 2 is 1.86 bits per heavy atom.